The first kappa shape index (κ1) is 16.7. The molecule has 3 atom stereocenters. The van der Waals surface area contributed by atoms with E-state index in [2.05, 4.69) is 44.4 Å². The van der Waals surface area contributed by atoms with Gasteiger partial charge in [0.15, 0.2) is 11.5 Å². The van der Waals surface area contributed by atoms with Gasteiger partial charge in [0.1, 0.15) is 24.6 Å². The summed E-state index contributed by atoms with van der Waals surface area (Å²) in [6.45, 7) is 0.144. The Bertz CT molecular complexity index is 1540. The van der Waals surface area contributed by atoms with Crippen molar-refractivity contribution in [2.75, 3.05) is 0 Å². The zero-order valence-electron chi connectivity index (χ0n) is 16.2. The molecule has 2 fully saturated rings. The lowest BCUT2D eigenvalue weighted by molar-refractivity contribution is 0.363. The number of rotatable bonds is 4. The summed E-state index contributed by atoms with van der Waals surface area (Å²) in [5, 5.41) is 13.6. The molecule has 3 heterocycles. The Morgan fingerprint density at radius 3 is 2.87 bits per heavy atom. The van der Waals surface area contributed by atoms with Gasteiger partial charge in [0.25, 0.3) is 5.56 Å². The molecule has 0 saturated heterocycles. The van der Waals surface area contributed by atoms with Gasteiger partial charge in [-0.15, -0.1) is 0 Å². The van der Waals surface area contributed by atoms with E-state index >= 15 is 0 Å². The third-order valence-electron chi connectivity index (χ3n) is 6.86. The van der Waals surface area contributed by atoms with E-state index in [1.807, 2.05) is 12.1 Å². The van der Waals surface area contributed by atoms with Crippen molar-refractivity contribution in [2.24, 2.45) is 11.8 Å². The van der Waals surface area contributed by atoms with Crippen molar-refractivity contribution in [1.82, 2.24) is 24.7 Å². The minimum absolute atomic E-state index is 0.0306. The highest BCUT2D eigenvalue weighted by Crippen LogP contribution is 2.90. The van der Waals surface area contributed by atoms with Crippen molar-refractivity contribution >= 4 is 16.6 Å². The van der Waals surface area contributed by atoms with Crippen LogP contribution in [0.1, 0.15) is 29.4 Å². The van der Waals surface area contributed by atoms with Crippen LogP contribution in [0.5, 0.6) is 0 Å². The number of aromatic nitrogens is 5. The molecule has 3 aromatic heterocycles. The second-order valence-electron chi connectivity index (χ2n) is 8.28. The maximum absolute atomic E-state index is 12.8. The third-order valence-corrected chi connectivity index (χ3v) is 6.86. The normalized spacial score (nSPS) is 24.9. The topological polar surface area (TPSA) is 110 Å². The fourth-order valence-electron chi connectivity index (χ4n) is 5.37. The monoisotopic (exact) mass is 406 g/mol. The number of pyridine rings is 1. The fourth-order valence-corrected chi connectivity index (χ4v) is 5.37. The second kappa shape index (κ2) is 5.52. The Kier molecular flexibility index (Phi) is 2.96. The maximum atomic E-state index is 12.8. The van der Waals surface area contributed by atoms with E-state index in [0.29, 0.717) is 23.1 Å². The zero-order chi connectivity index (χ0) is 20.7. The van der Waals surface area contributed by atoms with Gasteiger partial charge in [0, 0.05) is 5.92 Å². The van der Waals surface area contributed by atoms with Crippen LogP contribution in [-0.4, -0.2) is 24.7 Å². The van der Waals surface area contributed by atoms with Crippen LogP contribution in [0.2, 0.25) is 0 Å². The largest absolute Gasteiger partial charge is 0.337 e. The van der Waals surface area contributed by atoms with Gasteiger partial charge in [-0.25, -0.2) is 9.97 Å². The lowest BCUT2D eigenvalue weighted by Crippen LogP contribution is -2.21. The number of nitriles is 1. The molecular formula is C23H14N6O2. The first-order valence-electron chi connectivity index (χ1n) is 10.1. The van der Waals surface area contributed by atoms with Crippen LogP contribution < -0.4 is 5.56 Å². The third kappa shape index (κ3) is 2.05. The van der Waals surface area contributed by atoms with Crippen LogP contribution in [0, 0.1) is 23.2 Å². The SMILES string of the molecule is N#Cc1ccc2c(=O)n(Cc3nc([C@]45C6=C(c7ccccc7)C[C@@H]4[C@H]65)no3)cnc2n1. The summed E-state index contributed by atoms with van der Waals surface area (Å²) in [5.74, 6) is 2.25. The summed E-state index contributed by atoms with van der Waals surface area (Å²) >= 11 is 0. The van der Waals surface area contributed by atoms with Gasteiger partial charge >= 0.3 is 0 Å². The van der Waals surface area contributed by atoms with Gasteiger partial charge < -0.3 is 4.52 Å². The van der Waals surface area contributed by atoms with Crippen molar-refractivity contribution in [1.29, 1.82) is 5.26 Å². The number of fused-ring (bicyclic) bond motifs is 2. The van der Waals surface area contributed by atoms with Crippen LogP contribution in [-0.2, 0) is 12.0 Å². The molecule has 0 spiro atoms. The van der Waals surface area contributed by atoms with Crippen LogP contribution in [0.25, 0.3) is 16.6 Å². The zero-order valence-corrected chi connectivity index (χ0v) is 16.2. The Hall–Kier alpha value is -4.12. The Morgan fingerprint density at radius 2 is 2.06 bits per heavy atom. The lowest BCUT2D eigenvalue weighted by Gasteiger charge is -2.03. The highest BCUT2D eigenvalue weighted by molar-refractivity contribution is 5.89. The second-order valence-corrected chi connectivity index (χ2v) is 8.28. The Labute approximate surface area is 175 Å². The quantitative estimate of drug-likeness (QED) is 0.512. The standard InChI is InChI=1S/C23H14N6O2/c24-9-13-6-7-14-20(26-13)25-11-29(21(14)30)10-17-27-22(28-31-17)23-16-8-15(18(23)19(16)23)12-4-2-1-3-5-12/h1-7,11,16,19H,8,10H2/t16-,19-,23+/m1/s1. The summed E-state index contributed by atoms with van der Waals surface area (Å²) in [7, 11) is 0. The van der Waals surface area contributed by atoms with Crippen molar-refractivity contribution in [3.8, 4) is 6.07 Å². The number of allylic oxidation sites excluding steroid dienone is 2. The molecule has 148 valence electrons. The molecule has 1 aromatic carbocycles. The number of benzene rings is 1. The van der Waals surface area contributed by atoms with Crippen LogP contribution in [0.3, 0.4) is 0 Å². The average Bonchev–Trinajstić information content (AvgIpc) is 3.36. The Morgan fingerprint density at radius 1 is 1.19 bits per heavy atom. The van der Waals surface area contributed by atoms with E-state index in [1.54, 1.807) is 6.07 Å². The van der Waals surface area contributed by atoms with E-state index < -0.39 is 0 Å². The summed E-state index contributed by atoms with van der Waals surface area (Å²) in [6.07, 6.45) is 2.47. The van der Waals surface area contributed by atoms with E-state index in [9.17, 15) is 4.79 Å². The number of nitrogens with zero attached hydrogens (tertiary/aromatic N) is 6. The molecule has 0 amide bonds. The summed E-state index contributed by atoms with van der Waals surface area (Å²) < 4.78 is 6.92. The molecule has 0 N–H and O–H groups in total. The Balaban J connectivity index is 1.19. The molecule has 2 saturated carbocycles. The molecule has 4 aromatic rings. The van der Waals surface area contributed by atoms with Crippen LogP contribution in [0.15, 0.2) is 63.7 Å². The molecule has 0 radical (unpaired) electrons. The molecule has 4 aliphatic carbocycles. The molecule has 8 nitrogen and oxygen atoms in total. The van der Waals surface area contributed by atoms with Gasteiger partial charge in [0.2, 0.25) is 5.89 Å². The van der Waals surface area contributed by atoms with Crippen molar-refractivity contribution in [3.63, 3.8) is 0 Å². The van der Waals surface area contributed by atoms with Gasteiger partial charge in [-0.1, -0.05) is 35.5 Å². The maximum Gasteiger partial charge on any atom is 0.263 e. The smallest absolute Gasteiger partial charge is 0.263 e. The van der Waals surface area contributed by atoms with Gasteiger partial charge in [-0.2, -0.15) is 10.2 Å². The molecule has 8 rings (SSSR count). The molecule has 2 bridgehead atoms. The van der Waals surface area contributed by atoms with Crippen LogP contribution in [0.4, 0.5) is 0 Å². The van der Waals surface area contributed by atoms with E-state index in [0.717, 1.165) is 12.2 Å². The van der Waals surface area contributed by atoms with Crippen molar-refractivity contribution < 1.29 is 4.52 Å². The summed E-state index contributed by atoms with van der Waals surface area (Å²) in [6, 6.07) is 15.5. The first-order chi connectivity index (χ1) is 15.2. The molecule has 0 aliphatic heterocycles. The lowest BCUT2D eigenvalue weighted by atomic mass is 10.1. The van der Waals surface area contributed by atoms with Crippen molar-refractivity contribution in [3.05, 3.63) is 87.7 Å². The van der Waals surface area contributed by atoms with E-state index in [1.165, 1.54) is 33.7 Å². The van der Waals surface area contributed by atoms with E-state index in [-0.39, 0.29) is 28.9 Å². The predicted octanol–water partition coefficient (Wildman–Crippen LogP) is 2.45. The van der Waals surface area contributed by atoms with Crippen LogP contribution >= 0.6 is 0 Å². The average molecular weight is 406 g/mol. The van der Waals surface area contributed by atoms with Gasteiger partial charge in [-0.05, 0) is 41.2 Å². The minimum atomic E-state index is -0.259. The minimum Gasteiger partial charge on any atom is -0.337 e. The highest BCUT2D eigenvalue weighted by Gasteiger charge is 2.89. The highest BCUT2D eigenvalue weighted by atomic mass is 16.5. The van der Waals surface area contributed by atoms with Crippen molar-refractivity contribution in [2.45, 2.75) is 18.4 Å². The molecular weight excluding hydrogens is 392 g/mol. The van der Waals surface area contributed by atoms with E-state index in [4.69, 9.17) is 9.78 Å². The summed E-state index contributed by atoms with van der Waals surface area (Å²) in [5.41, 5.74) is 4.36. The fraction of sp³-hybridized carbons (Fsp3) is 0.217. The van der Waals surface area contributed by atoms with Gasteiger partial charge in [-0.3, -0.25) is 9.36 Å². The first-order valence-corrected chi connectivity index (χ1v) is 10.1. The number of hydrogen-bond donors (Lipinski definition) is 0. The predicted molar refractivity (Wildman–Crippen MR) is 109 cm³/mol. The molecule has 0 unspecified atom stereocenters. The van der Waals surface area contributed by atoms with Gasteiger partial charge in [0.05, 0.1) is 10.8 Å². The molecule has 8 heteroatoms. The molecule has 4 aliphatic rings. The molecule has 31 heavy (non-hydrogen) atoms. The summed E-state index contributed by atoms with van der Waals surface area (Å²) in [4.78, 5) is 25.7. The number of hydrogen-bond acceptors (Lipinski definition) is 7.